The molecule has 0 heterocycles. The summed E-state index contributed by atoms with van der Waals surface area (Å²) in [6.45, 7) is 8.17. The molecule has 1 aromatic carbocycles. The standard InChI is InChI=1S/C17H28O3/c1-6-7-15(18)16(19)10-12(3)14-9-11(2)8-13(4)17(14)20-5/h8-9,12,15-16,18-19H,6-7,10H2,1-5H3. The van der Waals surface area contributed by atoms with E-state index < -0.39 is 12.2 Å². The van der Waals surface area contributed by atoms with Crippen LogP contribution in [-0.2, 0) is 0 Å². The van der Waals surface area contributed by atoms with Crippen molar-refractivity contribution in [3.8, 4) is 5.75 Å². The Bertz CT molecular complexity index is 428. The van der Waals surface area contributed by atoms with Gasteiger partial charge < -0.3 is 14.9 Å². The van der Waals surface area contributed by atoms with Crippen LogP contribution in [0.25, 0.3) is 0 Å². The fraction of sp³-hybridized carbons (Fsp3) is 0.647. The van der Waals surface area contributed by atoms with E-state index in [9.17, 15) is 10.2 Å². The van der Waals surface area contributed by atoms with Gasteiger partial charge in [-0.15, -0.1) is 0 Å². The summed E-state index contributed by atoms with van der Waals surface area (Å²) in [5.74, 6) is 1.03. The predicted octanol–water partition coefficient (Wildman–Crippen LogP) is 3.33. The van der Waals surface area contributed by atoms with Gasteiger partial charge in [-0.2, -0.15) is 0 Å². The molecule has 0 radical (unpaired) electrons. The minimum absolute atomic E-state index is 0.144. The van der Waals surface area contributed by atoms with Gasteiger partial charge in [-0.3, -0.25) is 0 Å². The van der Waals surface area contributed by atoms with Crippen molar-refractivity contribution in [3.63, 3.8) is 0 Å². The summed E-state index contributed by atoms with van der Waals surface area (Å²) in [6.07, 6.45) is 0.729. The Morgan fingerprint density at radius 1 is 1.15 bits per heavy atom. The Kier molecular flexibility index (Phi) is 6.50. The third-order valence-electron chi connectivity index (χ3n) is 3.81. The first-order valence-corrected chi connectivity index (χ1v) is 7.41. The molecule has 1 aromatic rings. The van der Waals surface area contributed by atoms with Gasteiger partial charge in [0.05, 0.1) is 19.3 Å². The Labute approximate surface area is 122 Å². The van der Waals surface area contributed by atoms with Crippen molar-refractivity contribution >= 4 is 0 Å². The fourth-order valence-corrected chi connectivity index (χ4v) is 2.77. The zero-order valence-corrected chi connectivity index (χ0v) is 13.3. The molecule has 0 saturated heterocycles. The molecule has 3 nitrogen and oxygen atoms in total. The van der Waals surface area contributed by atoms with E-state index in [0.717, 1.165) is 23.3 Å². The van der Waals surface area contributed by atoms with E-state index >= 15 is 0 Å². The number of hydrogen-bond donors (Lipinski definition) is 2. The molecule has 20 heavy (non-hydrogen) atoms. The highest BCUT2D eigenvalue weighted by Crippen LogP contribution is 2.34. The first kappa shape index (κ1) is 17.0. The first-order chi connectivity index (χ1) is 9.40. The van der Waals surface area contributed by atoms with Crippen LogP contribution in [0.1, 0.15) is 55.7 Å². The van der Waals surface area contributed by atoms with E-state index in [4.69, 9.17) is 4.74 Å². The molecule has 0 aliphatic carbocycles. The molecule has 0 bridgehead atoms. The van der Waals surface area contributed by atoms with Crippen molar-refractivity contribution in [2.45, 2.75) is 65.1 Å². The van der Waals surface area contributed by atoms with Crippen LogP contribution in [0.5, 0.6) is 5.75 Å². The van der Waals surface area contributed by atoms with E-state index in [1.54, 1.807) is 7.11 Å². The number of aryl methyl sites for hydroxylation is 2. The van der Waals surface area contributed by atoms with E-state index in [0.29, 0.717) is 12.8 Å². The Hall–Kier alpha value is -1.06. The number of ether oxygens (including phenoxy) is 1. The minimum Gasteiger partial charge on any atom is -0.496 e. The monoisotopic (exact) mass is 280 g/mol. The first-order valence-electron chi connectivity index (χ1n) is 7.41. The molecule has 0 saturated carbocycles. The van der Waals surface area contributed by atoms with Crippen LogP contribution >= 0.6 is 0 Å². The lowest BCUT2D eigenvalue weighted by atomic mass is 9.89. The van der Waals surface area contributed by atoms with Crippen LogP contribution in [0.3, 0.4) is 0 Å². The summed E-state index contributed by atoms with van der Waals surface area (Å²) < 4.78 is 5.50. The Balaban J connectivity index is 2.89. The van der Waals surface area contributed by atoms with Gasteiger partial charge in [0.1, 0.15) is 5.75 Å². The lowest BCUT2D eigenvalue weighted by molar-refractivity contribution is 0.00628. The van der Waals surface area contributed by atoms with E-state index in [-0.39, 0.29) is 5.92 Å². The van der Waals surface area contributed by atoms with Crippen molar-refractivity contribution in [2.24, 2.45) is 0 Å². The summed E-state index contributed by atoms with van der Waals surface area (Å²) in [7, 11) is 1.68. The number of aliphatic hydroxyl groups excluding tert-OH is 2. The van der Waals surface area contributed by atoms with Crippen LogP contribution in [0.4, 0.5) is 0 Å². The van der Waals surface area contributed by atoms with E-state index in [2.05, 4.69) is 26.0 Å². The van der Waals surface area contributed by atoms with Gasteiger partial charge >= 0.3 is 0 Å². The second-order valence-electron chi connectivity index (χ2n) is 5.76. The molecular formula is C17H28O3. The average Bonchev–Trinajstić information content (AvgIpc) is 2.37. The summed E-state index contributed by atoms with van der Waals surface area (Å²) >= 11 is 0. The zero-order chi connectivity index (χ0) is 15.3. The van der Waals surface area contributed by atoms with E-state index in [1.807, 2.05) is 13.8 Å². The lowest BCUT2D eigenvalue weighted by Crippen LogP contribution is -2.27. The number of benzene rings is 1. The third-order valence-corrected chi connectivity index (χ3v) is 3.81. The van der Waals surface area contributed by atoms with Crippen LogP contribution in [0.15, 0.2) is 12.1 Å². The normalized spacial score (nSPS) is 15.8. The number of methoxy groups -OCH3 is 1. The average molecular weight is 280 g/mol. The summed E-state index contributed by atoms with van der Waals surface area (Å²) in [5.41, 5.74) is 3.40. The molecule has 3 heteroatoms. The largest absolute Gasteiger partial charge is 0.496 e. The van der Waals surface area contributed by atoms with Crippen molar-refractivity contribution in [3.05, 3.63) is 28.8 Å². The molecule has 0 aliphatic heterocycles. The quantitative estimate of drug-likeness (QED) is 0.805. The number of aliphatic hydroxyl groups is 2. The second-order valence-corrected chi connectivity index (χ2v) is 5.76. The van der Waals surface area contributed by atoms with Crippen molar-refractivity contribution in [1.82, 2.24) is 0 Å². The molecular weight excluding hydrogens is 252 g/mol. The maximum atomic E-state index is 10.1. The second kappa shape index (κ2) is 7.65. The van der Waals surface area contributed by atoms with Crippen LogP contribution < -0.4 is 4.74 Å². The molecule has 0 aromatic heterocycles. The van der Waals surface area contributed by atoms with Crippen molar-refractivity contribution in [2.75, 3.05) is 7.11 Å². The predicted molar refractivity (Wildman–Crippen MR) is 82.4 cm³/mol. The molecule has 3 atom stereocenters. The molecule has 114 valence electrons. The van der Waals surface area contributed by atoms with Crippen molar-refractivity contribution in [1.29, 1.82) is 0 Å². The molecule has 0 aliphatic rings. The van der Waals surface area contributed by atoms with Gasteiger partial charge in [-0.1, -0.05) is 38.0 Å². The van der Waals surface area contributed by atoms with Gasteiger partial charge in [0.2, 0.25) is 0 Å². The van der Waals surface area contributed by atoms with Gasteiger partial charge in [0.25, 0.3) is 0 Å². The molecule has 2 N–H and O–H groups in total. The molecule has 0 fully saturated rings. The molecule has 3 unspecified atom stereocenters. The Morgan fingerprint density at radius 2 is 1.80 bits per heavy atom. The minimum atomic E-state index is -0.685. The van der Waals surface area contributed by atoms with Crippen LogP contribution in [0.2, 0.25) is 0 Å². The van der Waals surface area contributed by atoms with Gasteiger partial charge in [0.15, 0.2) is 0 Å². The lowest BCUT2D eigenvalue weighted by Gasteiger charge is -2.23. The highest BCUT2D eigenvalue weighted by Gasteiger charge is 2.22. The number of rotatable bonds is 7. The molecule has 0 spiro atoms. The third kappa shape index (κ3) is 4.22. The van der Waals surface area contributed by atoms with Crippen LogP contribution in [-0.4, -0.2) is 29.5 Å². The van der Waals surface area contributed by atoms with Crippen molar-refractivity contribution < 1.29 is 14.9 Å². The number of hydrogen-bond acceptors (Lipinski definition) is 3. The maximum absolute atomic E-state index is 10.1. The van der Waals surface area contributed by atoms with E-state index in [1.165, 1.54) is 5.56 Å². The molecule has 1 rings (SSSR count). The zero-order valence-electron chi connectivity index (χ0n) is 13.3. The highest BCUT2D eigenvalue weighted by atomic mass is 16.5. The SMILES string of the molecule is CCCC(O)C(O)CC(C)c1cc(C)cc(C)c1OC. The van der Waals surface area contributed by atoms with Crippen LogP contribution in [0, 0.1) is 13.8 Å². The topological polar surface area (TPSA) is 49.7 Å². The highest BCUT2D eigenvalue weighted by molar-refractivity contribution is 5.45. The summed E-state index contributed by atoms with van der Waals surface area (Å²) in [6, 6.07) is 4.20. The smallest absolute Gasteiger partial charge is 0.125 e. The van der Waals surface area contributed by atoms with Gasteiger partial charge in [-0.05, 0) is 43.7 Å². The fourth-order valence-electron chi connectivity index (χ4n) is 2.77. The molecule has 0 amide bonds. The van der Waals surface area contributed by atoms with Gasteiger partial charge in [0, 0.05) is 0 Å². The Morgan fingerprint density at radius 3 is 2.35 bits per heavy atom. The summed E-state index contributed by atoms with van der Waals surface area (Å²) in [5, 5.41) is 20.0. The maximum Gasteiger partial charge on any atom is 0.125 e. The van der Waals surface area contributed by atoms with Gasteiger partial charge in [-0.25, -0.2) is 0 Å². The summed E-state index contributed by atoms with van der Waals surface area (Å²) in [4.78, 5) is 0.